The van der Waals surface area contributed by atoms with Crippen molar-refractivity contribution in [2.24, 2.45) is 5.73 Å². The van der Waals surface area contributed by atoms with E-state index in [1.165, 1.54) is 0 Å². The third-order valence-corrected chi connectivity index (χ3v) is 3.59. The summed E-state index contributed by atoms with van der Waals surface area (Å²) in [6.07, 6.45) is 2.37. The quantitative estimate of drug-likeness (QED) is 0.906. The van der Waals surface area contributed by atoms with Gasteiger partial charge < -0.3 is 15.2 Å². The number of aromatic nitrogens is 2. The van der Waals surface area contributed by atoms with Gasteiger partial charge in [-0.25, -0.2) is 0 Å². The molecule has 20 heavy (non-hydrogen) atoms. The van der Waals surface area contributed by atoms with Crippen molar-refractivity contribution in [1.29, 1.82) is 0 Å². The summed E-state index contributed by atoms with van der Waals surface area (Å²) >= 11 is 0. The number of carbonyl (C=O) groups excluding carboxylic acids is 1. The zero-order valence-corrected chi connectivity index (χ0v) is 12.5. The van der Waals surface area contributed by atoms with Gasteiger partial charge in [-0.15, -0.1) is 0 Å². The molecule has 2 unspecified atom stereocenters. The highest BCUT2D eigenvalue weighted by Crippen LogP contribution is 2.26. The Morgan fingerprint density at radius 3 is 2.85 bits per heavy atom. The normalized spacial score (nSPS) is 21.2. The number of hydrogen-bond donors (Lipinski definition) is 1. The molecule has 0 saturated carbocycles. The molecule has 1 fully saturated rings. The molecule has 0 spiro atoms. The van der Waals surface area contributed by atoms with E-state index in [2.05, 4.69) is 10.1 Å². The third kappa shape index (κ3) is 3.56. The predicted molar refractivity (Wildman–Crippen MR) is 75.2 cm³/mol. The van der Waals surface area contributed by atoms with Crippen LogP contribution in [0.3, 0.4) is 0 Å². The van der Waals surface area contributed by atoms with E-state index >= 15 is 0 Å². The molecule has 2 N–H and O–H groups in total. The summed E-state index contributed by atoms with van der Waals surface area (Å²) in [5, 5.41) is 4.07. The van der Waals surface area contributed by atoms with Crippen molar-refractivity contribution < 1.29 is 9.32 Å². The predicted octanol–water partition coefficient (Wildman–Crippen LogP) is 1.64. The van der Waals surface area contributed by atoms with Crippen LogP contribution in [-0.4, -0.2) is 40.1 Å². The van der Waals surface area contributed by atoms with Crippen LogP contribution in [-0.2, 0) is 4.79 Å². The van der Waals surface area contributed by atoms with E-state index in [0.717, 1.165) is 25.2 Å². The number of amides is 1. The highest BCUT2D eigenvalue weighted by Gasteiger charge is 2.28. The van der Waals surface area contributed by atoms with Gasteiger partial charge in [-0.2, -0.15) is 4.98 Å². The van der Waals surface area contributed by atoms with Crippen LogP contribution in [0.4, 0.5) is 0 Å². The molecule has 0 bridgehead atoms. The van der Waals surface area contributed by atoms with Gasteiger partial charge in [0, 0.05) is 37.4 Å². The Kier molecular flexibility index (Phi) is 4.75. The number of piperidine rings is 1. The molecule has 1 aromatic heterocycles. The molecule has 1 aliphatic heterocycles. The minimum absolute atomic E-state index is 0.0967. The summed E-state index contributed by atoms with van der Waals surface area (Å²) in [7, 11) is 0. The van der Waals surface area contributed by atoms with Crippen molar-refractivity contribution in [1.82, 2.24) is 15.0 Å². The van der Waals surface area contributed by atoms with Crippen LogP contribution >= 0.6 is 0 Å². The van der Waals surface area contributed by atoms with Crippen molar-refractivity contribution >= 4 is 5.91 Å². The Morgan fingerprint density at radius 1 is 1.50 bits per heavy atom. The molecule has 1 saturated heterocycles. The first-order valence-electron chi connectivity index (χ1n) is 7.34. The molecule has 1 aliphatic rings. The van der Waals surface area contributed by atoms with Gasteiger partial charge >= 0.3 is 0 Å². The smallest absolute Gasteiger partial charge is 0.229 e. The lowest BCUT2D eigenvalue weighted by Crippen LogP contribution is -2.41. The minimum atomic E-state index is -0.0967. The number of nitrogens with zero attached hydrogens (tertiary/aromatic N) is 3. The van der Waals surface area contributed by atoms with Gasteiger partial charge in [-0.05, 0) is 19.8 Å². The molecular weight excluding hydrogens is 256 g/mol. The summed E-state index contributed by atoms with van der Waals surface area (Å²) in [5.41, 5.74) is 5.70. The first kappa shape index (κ1) is 15.0. The van der Waals surface area contributed by atoms with Gasteiger partial charge in [0.25, 0.3) is 0 Å². The van der Waals surface area contributed by atoms with Crippen molar-refractivity contribution in [2.75, 3.05) is 13.1 Å². The molecule has 112 valence electrons. The first-order valence-corrected chi connectivity index (χ1v) is 7.34. The van der Waals surface area contributed by atoms with Gasteiger partial charge in [0.05, 0.1) is 0 Å². The van der Waals surface area contributed by atoms with Gasteiger partial charge in [0.2, 0.25) is 11.8 Å². The van der Waals surface area contributed by atoms with Gasteiger partial charge in [0.1, 0.15) is 0 Å². The highest BCUT2D eigenvalue weighted by molar-refractivity contribution is 5.76. The van der Waals surface area contributed by atoms with E-state index in [1.807, 2.05) is 25.7 Å². The van der Waals surface area contributed by atoms with E-state index < -0.39 is 0 Å². The van der Waals surface area contributed by atoms with Crippen molar-refractivity contribution in [3.63, 3.8) is 0 Å². The fourth-order valence-electron chi connectivity index (χ4n) is 2.47. The molecular formula is C14H24N4O2. The van der Waals surface area contributed by atoms with Crippen molar-refractivity contribution in [2.45, 2.75) is 57.9 Å². The van der Waals surface area contributed by atoms with Crippen LogP contribution in [0.5, 0.6) is 0 Å². The highest BCUT2D eigenvalue weighted by atomic mass is 16.5. The van der Waals surface area contributed by atoms with Crippen molar-refractivity contribution in [3.8, 4) is 0 Å². The molecule has 6 nitrogen and oxygen atoms in total. The average Bonchev–Trinajstić information content (AvgIpc) is 2.88. The topological polar surface area (TPSA) is 85.3 Å². The lowest BCUT2D eigenvalue weighted by Gasteiger charge is -2.31. The maximum atomic E-state index is 12.1. The summed E-state index contributed by atoms with van der Waals surface area (Å²) in [5.74, 6) is 1.93. The fourth-order valence-corrected chi connectivity index (χ4v) is 2.47. The Balaban J connectivity index is 2.00. The zero-order chi connectivity index (χ0) is 14.7. The fraction of sp³-hybridized carbons (Fsp3) is 0.786. The average molecular weight is 280 g/mol. The van der Waals surface area contributed by atoms with Crippen LogP contribution in [0.2, 0.25) is 0 Å². The number of carbonyl (C=O) groups is 1. The number of hydrogen-bond acceptors (Lipinski definition) is 5. The second-order valence-corrected chi connectivity index (χ2v) is 6.01. The maximum Gasteiger partial charge on any atom is 0.229 e. The molecule has 2 atom stereocenters. The molecule has 2 heterocycles. The number of nitrogens with two attached hydrogens (primary N) is 1. The molecule has 2 rings (SSSR count). The van der Waals surface area contributed by atoms with E-state index in [4.69, 9.17) is 10.3 Å². The maximum absolute atomic E-state index is 12.1. The zero-order valence-electron chi connectivity index (χ0n) is 12.5. The molecule has 0 aliphatic carbocycles. The Hall–Kier alpha value is -1.43. The molecule has 1 amide bonds. The van der Waals surface area contributed by atoms with E-state index in [9.17, 15) is 4.79 Å². The molecule has 0 radical (unpaired) electrons. The third-order valence-electron chi connectivity index (χ3n) is 3.59. The standard InChI is InChI=1S/C14H24N4O2/c1-9(2)14-16-13(17-20-14)11-5-4-6-18(8-11)12(19)7-10(3)15/h9-11H,4-8,15H2,1-3H3. The molecule has 0 aromatic carbocycles. The number of rotatable bonds is 4. The Morgan fingerprint density at radius 2 is 2.25 bits per heavy atom. The lowest BCUT2D eigenvalue weighted by atomic mass is 9.97. The monoisotopic (exact) mass is 280 g/mol. The van der Waals surface area contributed by atoms with Gasteiger partial charge in [0.15, 0.2) is 5.82 Å². The summed E-state index contributed by atoms with van der Waals surface area (Å²) in [6, 6.07) is -0.0967. The van der Waals surface area contributed by atoms with Crippen LogP contribution in [0.1, 0.15) is 63.6 Å². The first-order chi connectivity index (χ1) is 9.47. The van der Waals surface area contributed by atoms with Crippen molar-refractivity contribution in [3.05, 3.63) is 11.7 Å². The molecule has 6 heteroatoms. The van der Waals surface area contributed by atoms with Crippen LogP contribution in [0.25, 0.3) is 0 Å². The van der Waals surface area contributed by atoms with Crippen LogP contribution < -0.4 is 5.73 Å². The minimum Gasteiger partial charge on any atom is -0.342 e. The van der Waals surface area contributed by atoms with E-state index in [0.29, 0.717) is 18.9 Å². The van der Waals surface area contributed by atoms with E-state index in [-0.39, 0.29) is 23.8 Å². The summed E-state index contributed by atoms with van der Waals surface area (Å²) < 4.78 is 5.26. The second kappa shape index (κ2) is 6.35. The molecule has 1 aromatic rings. The van der Waals surface area contributed by atoms with Crippen LogP contribution in [0, 0.1) is 0 Å². The SMILES string of the molecule is CC(N)CC(=O)N1CCCC(c2noc(C(C)C)n2)C1. The largest absolute Gasteiger partial charge is 0.342 e. The Labute approximate surface area is 119 Å². The Bertz CT molecular complexity index is 456. The number of likely N-dealkylation sites (tertiary alicyclic amines) is 1. The van der Waals surface area contributed by atoms with Crippen LogP contribution in [0.15, 0.2) is 4.52 Å². The van der Waals surface area contributed by atoms with Gasteiger partial charge in [-0.1, -0.05) is 19.0 Å². The summed E-state index contributed by atoms with van der Waals surface area (Å²) in [6.45, 7) is 7.38. The summed E-state index contributed by atoms with van der Waals surface area (Å²) in [4.78, 5) is 18.4. The lowest BCUT2D eigenvalue weighted by molar-refractivity contribution is -0.132. The van der Waals surface area contributed by atoms with Gasteiger partial charge in [-0.3, -0.25) is 4.79 Å². The van der Waals surface area contributed by atoms with E-state index in [1.54, 1.807) is 0 Å². The second-order valence-electron chi connectivity index (χ2n) is 6.01.